The van der Waals surface area contributed by atoms with E-state index < -0.39 is 6.10 Å². The van der Waals surface area contributed by atoms with E-state index in [1.165, 1.54) is 6.33 Å². The number of benzene rings is 1. The number of carbonyl (C=O) groups excluding carboxylic acids is 1. The molecule has 2 aliphatic rings. The van der Waals surface area contributed by atoms with Crippen molar-refractivity contribution in [3.05, 3.63) is 52.7 Å². The second-order valence-corrected chi connectivity index (χ2v) is 6.89. The molecule has 1 amide bonds. The number of fused-ring (bicyclic) bond motifs is 1. The topological polar surface area (TPSA) is 78.5 Å². The van der Waals surface area contributed by atoms with Crippen molar-refractivity contribution in [3.8, 4) is 5.75 Å². The second kappa shape index (κ2) is 6.82. The zero-order valence-electron chi connectivity index (χ0n) is 14.7. The van der Waals surface area contributed by atoms with Crippen molar-refractivity contribution < 1.29 is 9.53 Å². The Morgan fingerprint density at radius 2 is 2.04 bits per heavy atom. The summed E-state index contributed by atoms with van der Waals surface area (Å²) in [6.07, 6.45) is 2.57. The van der Waals surface area contributed by atoms with Crippen LogP contribution in [0.4, 0.5) is 5.69 Å². The van der Waals surface area contributed by atoms with Gasteiger partial charge in [0.2, 0.25) is 0 Å². The summed E-state index contributed by atoms with van der Waals surface area (Å²) in [6.45, 7) is 1.86. The molecule has 0 spiro atoms. The van der Waals surface area contributed by atoms with Crippen LogP contribution in [0.2, 0.25) is 0 Å². The van der Waals surface area contributed by atoms with Crippen LogP contribution in [0.5, 0.6) is 5.75 Å². The van der Waals surface area contributed by atoms with Crippen molar-refractivity contribution in [1.29, 1.82) is 0 Å². The van der Waals surface area contributed by atoms with E-state index in [0.29, 0.717) is 19.6 Å². The van der Waals surface area contributed by atoms with Gasteiger partial charge in [-0.25, -0.2) is 4.98 Å². The molecule has 2 aromatic rings. The molecule has 26 heavy (non-hydrogen) atoms. The standard InChI is InChI=1S/C19H22N4O3/c1-22-11-17(26-16-5-3-2-4-15(16)22)19(25)23-8-6-13(7-9-23)14-10-18(24)21-12-20-14/h2-5,10,12-13,17H,6-9,11H2,1H3,(H,20,21,24). The molecule has 1 unspecified atom stereocenters. The summed E-state index contributed by atoms with van der Waals surface area (Å²) in [4.78, 5) is 35.1. The van der Waals surface area contributed by atoms with Crippen molar-refractivity contribution in [1.82, 2.24) is 14.9 Å². The molecule has 0 saturated carbocycles. The largest absolute Gasteiger partial charge is 0.477 e. The predicted molar refractivity (Wildman–Crippen MR) is 97.5 cm³/mol. The van der Waals surface area contributed by atoms with Crippen molar-refractivity contribution in [3.63, 3.8) is 0 Å². The quantitative estimate of drug-likeness (QED) is 0.881. The van der Waals surface area contributed by atoms with Crippen LogP contribution in [0, 0.1) is 0 Å². The van der Waals surface area contributed by atoms with Gasteiger partial charge in [-0.1, -0.05) is 12.1 Å². The van der Waals surface area contributed by atoms with Gasteiger partial charge in [0.05, 0.1) is 24.3 Å². The number of ether oxygens (including phenoxy) is 1. The molecule has 1 aromatic carbocycles. The van der Waals surface area contributed by atoms with Crippen LogP contribution in [0.3, 0.4) is 0 Å². The van der Waals surface area contributed by atoms with Crippen LogP contribution in [0.25, 0.3) is 0 Å². The third kappa shape index (κ3) is 3.16. The highest BCUT2D eigenvalue weighted by Crippen LogP contribution is 2.33. The lowest BCUT2D eigenvalue weighted by Crippen LogP contribution is -2.51. The van der Waals surface area contributed by atoms with Crippen LogP contribution >= 0.6 is 0 Å². The number of hydrogen-bond donors (Lipinski definition) is 1. The van der Waals surface area contributed by atoms with Crippen molar-refractivity contribution >= 4 is 11.6 Å². The number of nitrogens with zero attached hydrogens (tertiary/aromatic N) is 3. The summed E-state index contributed by atoms with van der Waals surface area (Å²) in [5, 5.41) is 0. The molecule has 1 fully saturated rings. The number of rotatable bonds is 2. The Labute approximate surface area is 151 Å². The number of aromatic nitrogens is 2. The van der Waals surface area contributed by atoms with Crippen molar-refractivity contribution in [2.75, 3.05) is 31.6 Å². The molecule has 1 aromatic heterocycles. The molecule has 0 radical (unpaired) electrons. The van der Waals surface area contributed by atoms with Gasteiger partial charge in [-0.2, -0.15) is 0 Å². The van der Waals surface area contributed by atoms with Crippen LogP contribution in [-0.4, -0.2) is 53.6 Å². The number of hydrogen-bond acceptors (Lipinski definition) is 5. The van der Waals surface area contributed by atoms with Gasteiger partial charge >= 0.3 is 0 Å². The van der Waals surface area contributed by atoms with Crippen LogP contribution in [-0.2, 0) is 4.79 Å². The fourth-order valence-electron chi connectivity index (χ4n) is 3.74. The Morgan fingerprint density at radius 1 is 1.27 bits per heavy atom. The number of anilines is 1. The molecule has 1 saturated heterocycles. The maximum absolute atomic E-state index is 12.9. The van der Waals surface area contributed by atoms with E-state index in [0.717, 1.165) is 30.0 Å². The molecule has 136 valence electrons. The average molecular weight is 354 g/mol. The number of carbonyl (C=O) groups is 1. The lowest BCUT2D eigenvalue weighted by molar-refractivity contribution is -0.139. The Kier molecular flexibility index (Phi) is 4.36. The number of piperidine rings is 1. The lowest BCUT2D eigenvalue weighted by Gasteiger charge is -2.38. The van der Waals surface area contributed by atoms with Crippen LogP contribution in [0.15, 0.2) is 41.5 Å². The van der Waals surface area contributed by atoms with E-state index in [1.807, 2.05) is 36.2 Å². The number of para-hydroxylation sites is 2. The van der Waals surface area contributed by atoms with E-state index in [2.05, 4.69) is 14.9 Å². The molecule has 2 aliphatic heterocycles. The minimum absolute atomic E-state index is 0.0312. The zero-order valence-corrected chi connectivity index (χ0v) is 14.7. The summed E-state index contributed by atoms with van der Waals surface area (Å²) < 4.78 is 5.95. The fourth-order valence-corrected chi connectivity index (χ4v) is 3.74. The molecule has 1 atom stereocenters. The number of likely N-dealkylation sites (N-methyl/N-ethyl adjacent to an activating group) is 1. The van der Waals surface area contributed by atoms with Crippen LogP contribution < -0.4 is 15.2 Å². The van der Waals surface area contributed by atoms with Crippen molar-refractivity contribution in [2.45, 2.75) is 24.9 Å². The summed E-state index contributed by atoms with van der Waals surface area (Å²) >= 11 is 0. The first-order chi connectivity index (χ1) is 12.6. The number of amides is 1. The van der Waals surface area contributed by atoms with E-state index in [1.54, 1.807) is 6.07 Å². The molecule has 7 heteroatoms. The minimum atomic E-state index is -0.482. The van der Waals surface area contributed by atoms with Gasteiger partial charge in [0, 0.05) is 32.1 Å². The van der Waals surface area contributed by atoms with Crippen molar-refractivity contribution in [2.24, 2.45) is 0 Å². The van der Waals surface area contributed by atoms with E-state index >= 15 is 0 Å². The smallest absolute Gasteiger partial charge is 0.265 e. The predicted octanol–water partition coefficient (Wildman–Crippen LogP) is 1.37. The number of nitrogens with one attached hydrogen (secondary N) is 1. The Hall–Kier alpha value is -2.83. The Bertz CT molecular complexity index is 858. The summed E-state index contributed by atoms with van der Waals surface area (Å²) in [5.41, 5.74) is 1.69. The highest BCUT2D eigenvalue weighted by molar-refractivity contribution is 5.83. The first-order valence-corrected chi connectivity index (χ1v) is 8.92. The molecular weight excluding hydrogens is 332 g/mol. The molecule has 1 N–H and O–H groups in total. The fraction of sp³-hybridized carbons (Fsp3) is 0.421. The number of aromatic amines is 1. The minimum Gasteiger partial charge on any atom is -0.477 e. The molecule has 0 bridgehead atoms. The van der Waals surface area contributed by atoms with Gasteiger partial charge in [0.25, 0.3) is 11.5 Å². The summed E-state index contributed by atoms with van der Waals surface area (Å²) in [6, 6.07) is 9.33. The summed E-state index contributed by atoms with van der Waals surface area (Å²) in [7, 11) is 1.98. The van der Waals surface area contributed by atoms with Crippen LogP contribution in [0.1, 0.15) is 24.5 Å². The van der Waals surface area contributed by atoms with Gasteiger partial charge in [-0.15, -0.1) is 0 Å². The van der Waals surface area contributed by atoms with E-state index in [4.69, 9.17) is 4.74 Å². The number of H-pyrrole nitrogens is 1. The second-order valence-electron chi connectivity index (χ2n) is 6.89. The molecule has 4 rings (SSSR count). The first kappa shape index (κ1) is 16.6. The normalized spacial score (nSPS) is 20.4. The third-order valence-electron chi connectivity index (χ3n) is 5.19. The average Bonchev–Trinajstić information content (AvgIpc) is 2.67. The molecule has 0 aliphatic carbocycles. The Balaban J connectivity index is 1.40. The molecule has 7 nitrogen and oxygen atoms in total. The van der Waals surface area contributed by atoms with Gasteiger partial charge in [0.1, 0.15) is 5.75 Å². The highest BCUT2D eigenvalue weighted by atomic mass is 16.5. The first-order valence-electron chi connectivity index (χ1n) is 8.92. The van der Waals surface area contributed by atoms with E-state index in [-0.39, 0.29) is 17.4 Å². The van der Waals surface area contributed by atoms with Gasteiger partial charge < -0.3 is 19.5 Å². The van der Waals surface area contributed by atoms with E-state index in [9.17, 15) is 9.59 Å². The van der Waals surface area contributed by atoms with Gasteiger partial charge in [0.15, 0.2) is 6.10 Å². The van der Waals surface area contributed by atoms with Gasteiger partial charge in [-0.3, -0.25) is 9.59 Å². The zero-order chi connectivity index (χ0) is 18.1. The highest BCUT2D eigenvalue weighted by Gasteiger charge is 2.34. The van der Waals surface area contributed by atoms with Gasteiger partial charge in [-0.05, 0) is 25.0 Å². The number of likely N-dealkylation sites (tertiary alicyclic amines) is 1. The molecular formula is C19H22N4O3. The maximum Gasteiger partial charge on any atom is 0.265 e. The Morgan fingerprint density at radius 3 is 2.81 bits per heavy atom. The SMILES string of the molecule is CN1CC(C(=O)N2CCC(c3cc(=O)[nH]cn3)CC2)Oc2ccccc21. The third-order valence-corrected chi connectivity index (χ3v) is 5.19. The lowest BCUT2D eigenvalue weighted by atomic mass is 9.93. The summed E-state index contributed by atoms with van der Waals surface area (Å²) in [5.74, 6) is 1.00. The monoisotopic (exact) mass is 354 g/mol. The molecule has 3 heterocycles. The maximum atomic E-state index is 12.9.